The van der Waals surface area contributed by atoms with Crippen molar-refractivity contribution in [1.29, 1.82) is 0 Å². The van der Waals surface area contributed by atoms with Crippen LogP contribution in [0.3, 0.4) is 0 Å². The monoisotopic (exact) mass is 514 g/mol. The molecule has 0 saturated heterocycles. The topological polar surface area (TPSA) is 82.2 Å². The Hall–Kier alpha value is -3.78. The molecule has 1 atom stereocenters. The van der Waals surface area contributed by atoms with Gasteiger partial charge in [0.05, 0.1) is 18.0 Å². The van der Waals surface area contributed by atoms with Crippen molar-refractivity contribution in [3.8, 4) is 17.1 Å². The van der Waals surface area contributed by atoms with Gasteiger partial charge >= 0.3 is 0 Å². The van der Waals surface area contributed by atoms with Crippen LogP contribution in [0.2, 0.25) is 0 Å². The molecule has 0 unspecified atom stereocenters. The van der Waals surface area contributed by atoms with E-state index in [1.807, 2.05) is 54.9 Å². The quantitative estimate of drug-likeness (QED) is 0.251. The minimum atomic E-state index is -0.421. The Morgan fingerprint density at radius 2 is 1.76 bits per heavy atom. The minimum Gasteiger partial charge on any atom is -0.495 e. The highest BCUT2D eigenvalue weighted by atomic mass is 32.2. The molecule has 0 spiro atoms. The van der Waals surface area contributed by atoms with Crippen molar-refractivity contribution in [2.24, 2.45) is 7.05 Å². The first-order chi connectivity index (χ1) is 17.7. The summed E-state index contributed by atoms with van der Waals surface area (Å²) in [7, 11) is 3.50. The third-order valence-electron chi connectivity index (χ3n) is 6.45. The van der Waals surface area contributed by atoms with E-state index < -0.39 is 5.25 Å². The smallest absolute Gasteiger partial charge is 0.237 e. The predicted octanol–water partition coefficient (Wildman–Crippen LogP) is 6.81. The summed E-state index contributed by atoms with van der Waals surface area (Å²) in [4.78, 5) is 13.1. The number of hydrogen-bond acceptors (Lipinski definition) is 6. The molecule has 2 heterocycles. The molecule has 0 saturated carbocycles. The van der Waals surface area contributed by atoms with Crippen molar-refractivity contribution in [3.05, 3.63) is 66.2 Å². The molecule has 190 valence electrons. The fourth-order valence-electron chi connectivity index (χ4n) is 4.25. The Balaban J connectivity index is 1.33. The molecule has 0 radical (unpaired) electrons. The Morgan fingerprint density at radius 3 is 2.46 bits per heavy atom. The number of nitrogens with one attached hydrogen (secondary N) is 1. The van der Waals surface area contributed by atoms with Gasteiger partial charge in [0.2, 0.25) is 5.91 Å². The van der Waals surface area contributed by atoms with E-state index in [0.717, 1.165) is 27.7 Å². The number of furan rings is 1. The lowest BCUT2D eigenvalue weighted by Gasteiger charge is -2.19. The first-order valence-electron chi connectivity index (χ1n) is 12.1. The van der Waals surface area contributed by atoms with Crippen molar-refractivity contribution in [2.45, 2.75) is 43.5 Å². The Bertz CT molecular complexity index is 1600. The van der Waals surface area contributed by atoms with Gasteiger partial charge in [0.1, 0.15) is 16.9 Å². The first kappa shape index (κ1) is 24.9. The number of carbonyl (C=O) groups excluding carboxylic acids is 1. The van der Waals surface area contributed by atoms with E-state index in [2.05, 4.69) is 60.6 Å². The van der Waals surface area contributed by atoms with Crippen molar-refractivity contribution in [3.63, 3.8) is 0 Å². The maximum absolute atomic E-state index is 13.1. The van der Waals surface area contributed by atoms with Gasteiger partial charge in [-0.1, -0.05) is 75.0 Å². The molecular formula is C29H30N4O3S. The second-order valence-corrected chi connectivity index (χ2v) is 11.4. The molecule has 0 aliphatic rings. The predicted molar refractivity (Wildman–Crippen MR) is 149 cm³/mol. The van der Waals surface area contributed by atoms with Gasteiger partial charge in [0.25, 0.3) is 0 Å². The largest absolute Gasteiger partial charge is 0.495 e. The molecule has 2 aromatic heterocycles. The van der Waals surface area contributed by atoms with Gasteiger partial charge in [-0.15, -0.1) is 10.2 Å². The van der Waals surface area contributed by atoms with Crippen LogP contribution in [0, 0.1) is 0 Å². The fraction of sp³-hybridized carbons (Fsp3) is 0.276. The van der Waals surface area contributed by atoms with Crippen LogP contribution in [0.15, 0.2) is 70.2 Å². The van der Waals surface area contributed by atoms with Crippen LogP contribution in [-0.2, 0) is 17.3 Å². The third-order valence-corrected chi connectivity index (χ3v) is 7.59. The number of amides is 1. The maximum Gasteiger partial charge on any atom is 0.237 e. The molecule has 3 aromatic carbocycles. The molecule has 1 amide bonds. The summed E-state index contributed by atoms with van der Waals surface area (Å²) in [6, 6.07) is 19.9. The van der Waals surface area contributed by atoms with Crippen LogP contribution in [0.4, 0.5) is 5.69 Å². The zero-order valence-electron chi connectivity index (χ0n) is 21.8. The van der Waals surface area contributed by atoms with Crippen LogP contribution < -0.4 is 10.1 Å². The number of hydrogen-bond donors (Lipinski definition) is 1. The number of aromatic nitrogens is 3. The van der Waals surface area contributed by atoms with Crippen molar-refractivity contribution < 1.29 is 13.9 Å². The molecule has 0 aliphatic heterocycles. The molecular weight excluding hydrogens is 484 g/mol. The van der Waals surface area contributed by atoms with Gasteiger partial charge in [-0.2, -0.15) is 0 Å². The summed E-state index contributed by atoms with van der Waals surface area (Å²) in [5.41, 5.74) is 4.36. The van der Waals surface area contributed by atoms with Crippen LogP contribution in [0.1, 0.15) is 33.3 Å². The number of para-hydroxylation sites is 1. The summed E-state index contributed by atoms with van der Waals surface area (Å²) in [6.45, 7) is 8.42. The molecule has 37 heavy (non-hydrogen) atoms. The molecule has 8 heteroatoms. The molecule has 7 nitrogen and oxygen atoms in total. The number of carbonyl (C=O) groups is 1. The summed E-state index contributed by atoms with van der Waals surface area (Å²) in [5, 5.41) is 13.9. The van der Waals surface area contributed by atoms with Crippen LogP contribution in [0.25, 0.3) is 33.3 Å². The summed E-state index contributed by atoms with van der Waals surface area (Å²) in [6.07, 6.45) is 0. The van der Waals surface area contributed by atoms with Gasteiger partial charge in [-0.25, -0.2) is 0 Å². The SMILES string of the molecule is COc1cc2c(cc1NC(=O)[C@@H](C)Sc1nnc(-c3ccc(C(C)(C)C)cc3)n1C)oc1ccccc12. The zero-order chi connectivity index (χ0) is 26.3. The fourth-order valence-corrected chi connectivity index (χ4v) is 5.07. The number of ether oxygens (including phenoxy) is 1. The molecule has 0 fully saturated rings. The molecule has 0 bridgehead atoms. The van der Waals surface area contributed by atoms with Crippen LogP contribution >= 0.6 is 11.8 Å². The average molecular weight is 515 g/mol. The van der Waals surface area contributed by atoms with Gasteiger partial charge in [-0.3, -0.25) is 4.79 Å². The Labute approximate surface area is 220 Å². The lowest BCUT2D eigenvalue weighted by molar-refractivity contribution is -0.115. The highest BCUT2D eigenvalue weighted by Gasteiger charge is 2.22. The van der Waals surface area contributed by atoms with Crippen LogP contribution in [-0.4, -0.2) is 33.0 Å². The van der Waals surface area contributed by atoms with Crippen molar-refractivity contribution >= 4 is 45.3 Å². The van der Waals surface area contributed by atoms with Gasteiger partial charge < -0.3 is 19.0 Å². The van der Waals surface area contributed by atoms with E-state index in [1.165, 1.54) is 17.3 Å². The van der Waals surface area contributed by atoms with E-state index in [0.29, 0.717) is 22.2 Å². The van der Waals surface area contributed by atoms with E-state index in [-0.39, 0.29) is 11.3 Å². The van der Waals surface area contributed by atoms with E-state index in [1.54, 1.807) is 7.11 Å². The summed E-state index contributed by atoms with van der Waals surface area (Å²) < 4.78 is 13.5. The Morgan fingerprint density at radius 1 is 1.03 bits per heavy atom. The van der Waals surface area contributed by atoms with E-state index >= 15 is 0 Å². The van der Waals surface area contributed by atoms with Crippen molar-refractivity contribution in [2.75, 3.05) is 12.4 Å². The molecule has 5 rings (SSSR count). The third kappa shape index (κ3) is 4.81. The van der Waals surface area contributed by atoms with E-state index in [9.17, 15) is 4.79 Å². The number of methoxy groups -OCH3 is 1. The number of rotatable bonds is 6. The van der Waals surface area contributed by atoms with Gasteiger partial charge in [0.15, 0.2) is 11.0 Å². The van der Waals surface area contributed by atoms with Crippen molar-refractivity contribution in [1.82, 2.24) is 14.8 Å². The van der Waals surface area contributed by atoms with Gasteiger partial charge in [-0.05, 0) is 30.0 Å². The summed E-state index contributed by atoms with van der Waals surface area (Å²) >= 11 is 1.35. The number of nitrogens with zero attached hydrogens (tertiary/aromatic N) is 3. The second kappa shape index (κ2) is 9.59. The standard InChI is InChI=1S/C29H30N4O3S/c1-17(37-28-32-31-26(33(28)5)18-11-13-19(14-12-18)29(2,3)4)27(34)30-22-16-24-21(15-25(22)35-6)20-9-7-8-10-23(20)36-24/h7-17H,1-6H3,(H,30,34)/t17-/m1/s1. The highest BCUT2D eigenvalue weighted by molar-refractivity contribution is 8.00. The molecule has 1 N–H and O–H groups in total. The highest BCUT2D eigenvalue weighted by Crippen LogP contribution is 2.37. The Kier molecular flexibility index (Phi) is 6.45. The maximum atomic E-state index is 13.1. The summed E-state index contributed by atoms with van der Waals surface area (Å²) in [5.74, 6) is 1.16. The lowest BCUT2D eigenvalue weighted by atomic mass is 9.87. The zero-order valence-corrected chi connectivity index (χ0v) is 22.6. The average Bonchev–Trinajstić information content (AvgIpc) is 3.42. The second-order valence-electron chi connectivity index (χ2n) is 10.1. The van der Waals surface area contributed by atoms with Gasteiger partial charge in [0, 0.05) is 29.4 Å². The minimum absolute atomic E-state index is 0.0832. The normalized spacial score (nSPS) is 12.7. The molecule has 5 aromatic rings. The number of thioether (sulfide) groups is 1. The van der Waals surface area contributed by atoms with E-state index in [4.69, 9.17) is 9.15 Å². The van der Waals surface area contributed by atoms with Crippen LogP contribution in [0.5, 0.6) is 5.75 Å². The lowest BCUT2D eigenvalue weighted by Crippen LogP contribution is -2.23. The molecule has 0 aliphatic carbocycles. The number of anilines is 1. The number of fused-ring (bicyclic) bond motifs is 3. The first-order valence-corrected chi connectivity index (χ1v) is 13.0. The number of benzene rings is 3.